The highest BCUT2D eigenvalue weighted by molar-refractivity contribution is 5.71. The molecule has 0 fully saturated rings. The van der Waals surface area contributed by atoms with E-state index in [-0.39, 0.29) is 18.2 Å². The second-order valence-electron chi connectivity index (χ2n) is 4.88. The van der Waals surface area contributed by atoms with Gasteiger partial charge in [0.15, 0.2) is 0 Å². The number of nitrogens with one attached hydrogen (secondary N) is 1. The molecule has 0 bridgehead atoms. The van der Waals surface area contributed by atoms with Crippen molar-refractivity contribution < 1.29 is 14.8 Å². The number of aryl methyl sites for hydroxylation is 1. The molecule has 0 aliphatic carbocycles. The van der Waals surface area contributed by atoms with Crippen molar-refractivity contribution in [3.05, 3.63) is 33.9 Å². The molecule has 6 heteroatoms. The Morgan fingerprint density at radius 2 is 2.05 bits per heavy atom. The number of carboxylic acids is 1. The number of non-ortho nitro benzene ring substituents is 1. The lowest BCUT2D eigenvalue weighted by Crippen LogP contribution is -2.27. The molecule has 0 saturated carbocycles. The smallest absolute Gasteiger partial charge is 0.308 e. The van der Waals surface area contributed by atoms with Crippen LogP contribution in [-0.4, -0.2) is 22.5 Å². The number of carboxylic acid groups (broad SMARTS) is 1. The molecule has 104 valence electrons. The van der Waals surface area contributed by atoms with Gasteiger partial charge in [0.25, 0.3) is 5.69 Å². The predicted molar refractivity (Wildman–Crippen MR) is 72.3 cm³/mol. The van der Waals surface area contributed by atoms with Crippen molar-refractivity contribution in [2.75, 3.05) is 11.9 Å². The first kappa shape index (κ1) is 14.9. The molecule has 1 atom stereocenters. The van der Waals surface area contributed by atoms with Gasteiger partial charge in [-0.1, -0.05) is 13.8 Å². The van der Waals surface area contributed by atoms with Crippen molar-refractivity contribution in [1.29, 1.82) is 0 Å². The average molecular weight is 266 g/mol. The summed E-state index contributed by atoms with van der Waals surface area (Å²) in [5.74, 6) is -1.41. The van der Waals surface area contributed by atoms with E-state index in [9.17, 15) is 14.9 Å². The number of nitrogens with zero attached hydrogens (tertiary/aromatic N) is 1. The molecule has 1 aromatic carbocycles. The first-order valence-electron chi connectivity index (χ1n) is 6.04. The van der Waals surface area contributed by atoms with Crippen LogP contribution in [0, 0.1) is 28.9 Å². The van der Waals surface area contributed by atoms with E-state index in [0.29, 0.717) is 5.69 Å². The van der Waals surface area contributed by atoms with Crippen molar-refractivity contribution in [1.82, 2.24) is 0 Å². The van der Waals surface area contributed by atoms with Gasteiger partial charge in [-0.15, -0.1) is 0 Å². The molecule has 1 unspecified atom stereocenters. The fourth-order valence-electron chi connectivity index (χ4n) is 1.81. The van der Waals surface area contributed by atoms with Crippen LogP contribution < -0.4 is 5.32 Å². The van der Waals surface area contributed by atoms with Gasteiger partial charge in [-0.2, -0.15) is 0 Å². The number of hydrogen-bond donors (Lipinski definition) is 2. The summed E-state index contributed by atoms with van der Waals surface area (Å²) in [7, 11) is 0. The number of aliphatic carboxylic acids is 1. The SMILES string of the molecule is Cc1cc(NCC(C(=O)O)C(C)C)cc([N+](=O)[O-])c1. The van der Waals surface area contributed by atoms with Gasteiger partial charge >= 0.3 is 5.97 Å². The Morgan fingerprint density at radius 1 is 1.42 bits per heavy atom. The van der Waals surface area contributed by atoms with E-state index >= 15 is 0 Å². The Balaban J connectivity index is 2.82. The Morgan fingerprint density at radius 3 is 2.53 bits per heavy atom. The molecule has 0 aliphatic heterocycles. The van der Waals surface area contributed by atoms with E-state index in [4.69, 9.17) is 5.11 Å². The minimum Gasteiger partial charge on any atom is -0.481 e. The van der Waals surface area contributed by atoms with E-state index in [0.717, 1.165) is 5.56 Å². The summed E-state index contributed by atoms with van der Waals surface area (Å²) < 4.78 is 0. The van der Waals surface area contributed by atoms with Crippen molar-refractivity contribution in [3.63, 3.8) is 0 Å². The van der Waals surface area contributed by atoms with Crippen molar-refractivity contribution >= 4 is 17.3 Å². The second kappa shape index (κ2) is 6.17. The highest BCUT2D eigenvalue weighted by atomic mass is 16.6. The van der Waals surface area contributed by atoms with Crippen LogP contribution in [-0.2, 0) is 4.79 Å². The molecule has 1 aromatic rings. The number of nitro benzene ring substituents is 1. The normalized spacial score (nSPS) is 12.2. The van der Waals surface area contributed by atoms with Gasteiger partial charge in [-0.25, -0.2) is 0 Å². The zero-order chi connectivity index (χ0) is 14.6. The van der Waals surface area contributed by atoms with Crippen LogP contribution >= 0.6 is 0 Å². The fourth-order valence-corrected chi connectivity index (χ4v) is 1.81. The number of nitro groups is 1. The summed E-state index contributed by atoms with van der Waals surface area (Å²) in [5, 5.41) is 22.8. The monoisotopic (exact) mass is 266 g/mol. The van der Waals surface area contributed by atoms with Gasteiger partial charge in [0, 0.05) is 24.4 Å². The minimum atomic E-state index is -0.871. The minimum absolute atomic E-state index is 0.000998. The van der Waals surface area contributed by atoms with Crippen LogP contribution in [0.5, 0.6) is 0 Å². The predicted octanol–water partition coefficient (Wildman–Crippen LogP) is 2.67. The van der Waals surface area contributed by atoms with Crippen molar-refractivity contribution in [3.8, 4) is 0 Å². The summed E-state index contributed by atoms with van der Waals surface area (Å²) in [6.07, 6.45) is 0. The molecular weight excluding hydrogens is 248 g/mol. The maximum absolute atomic E-state index is 11.1. The topological polar surface area (TPSA) is 92.5 Å². The zero-order valence-corrected chi connectivity index (χ0v) is 11.2. The number of benzene rings is 1. The van der Waals surface area contributed by atoms with E-state index < -0.39 is 16.8 Å². The molecular formula is C13H18N2O4. The molecule has 0 aromatic heterocycles. The summed E-state index contributed by atoms with van der Waals surface area (Å²) in [5.41, 5.74) is 1.32. The lowest BCUT2D eigenvalue weighted by molar-refractivity contribution is -0.384. The van der Waals surface area contributed by atoms with Gasteiger partial charge < -0.3 is 10.4 Å². The van der Waals surface area contributed by atoms with Crippen LogP contribution in [0.15, 0.2) is 18.2 Å². The average Bonchev–Trinajstić information content (AvgIpc) is 2.27. The third-order valence-electron chi connectivity index (χ3n) is 2.92. The largest absolute Gasteiger partial charge is 0.481 e. The molecule has 0 spiro atoms. The summed E-state index contributed by atoms with van der Waals surface area (Å²) >= 11 is 0. The first-order chi connectivity index (χ1) is 8.81. The van der Waals surface area contributed by atoms with Crippen LogP contribution in [0.1, 0.15) is 19.4 Å². The van der Waals surface area contributed by atoms with E-state index in [2.05, 4.69) is 5.32 Å². The van der Waals surface area contributed by atoms with E-state index in [1.807, 2.05) is 13.8 Å². The third kappa shape index (κ3) is 4.24. The highest BCUT2D eigenvalue weighted by Gasteiger charge is 2.21. The molecule has 1 rings (SSSR count). The molecule has 6 nitrogen and oxygen atoms in total. The van der Waals surface area contributed by atoms with Gasteiger partial charge in [0.1, 0.15) is 0 Å². The molecule has 2 N–H and O–H groups in total. The Bertz CT molecular complexity index is 486. The number of carbonyl (C=O) groups is 1. The summed E-state index contributed by atoms with van der Waals surface area (Å²) in [6, 6.07) is 4.64. The maximum atomic E-state index is 11.1. The Hall–Kier alpha value is -2.11. The van der Waals surface area contributed by atoms with Crippen LogP contribution in [0.2, 0.25) is 0 Å². The summed E-state index contributed by atoms with van der Waals surface area (Å²) in [4.78, 5) is 21.3. The van der Waals surface area contributed by atoms with E-state index in [1.54, 1.807) is 13.0 Å². The van der Waals surface area contributed by atoms with Crippen LogP contribution in [0.3, 0.4) is 0 Å². The van der Waals surface area contributed by atoms with Crippen molar-refractivity contribution in [2.24, 2.45) is 11.8 Å². The summed E-state index contributed by atoms with van der Waals surface area (Å²) in [6.45, 7) is 5.67. The van der Waals surface area contributed by atoms with E-state index in [1.165, 1.54) is 12.1 Å². The lowest BCUT2D eigenvalue weighted by atomic mass is 9.96. The highest BCUT2D eigenvalue weighted by Crippen LogP contribution is 2.21. The first-order valence-corrected chi connectivity index (χ1v) is 6.04. The van der Waals surface area contributed by atoms with Crippen LogP contribution in [0.4, 0.5) is 11.4 Å². The Labute approximate surface area is 111 Å². The van der Waals surface area contributed by atoms with Crippen molar-refractivity contribution in [2.45, 2.75) is 20.8 Å². The van der Waals surface area contributed by atoms with Crippen LogP contribution in [0.25, 0.3) is 0 Å². The second-order valence-corrected chi connectivity index (χ2v) is 4.88. The maximum Gasteiger partial charge on any atom is 0.308 e. The lowest BCUT2D eigenvalue weighted by Gasteiger charge is -2.17. The quantitative estimate of drug-likeness (QED) is 0.610. The third-order valence-corrected chi connectivity index (χ3v) is 2.92. The van der Waals surface area contributed by atoms with Gasteiger partial charge in [-0.3, -0.25) is 14.9 Å². The standard InChI is InChI=1S/C13H18N2O4/c1-8(2)12(13(16)17)7-14-10-4-9(3)5-11(6-10)15(18)19/h4-6,8,12,14H,7H2,1-3H3,(H,16,17). The fraction of sp³-hybridized carbons (Fsp3) is 0.462. The van der Waals surface area contributed by atoms with Gasteiger partial charge in [0.05, 0.1) is 10.8 Å². The molecule has 0 amide bonds. The number of anilines is 1. The van der Waals surface area contributed by atoms with Gasteiger partial charge in [0.2, 0.25) is 0 Å². The van der Waals surface area contributed by atoms with Gasteiger partial charge in [-0.05, 0) is 24.5 Å². The molecule has 0 saturated heterocycles. The number of hydrogen-bond acceptors (Lipinski definition) is 4. The zero-order valence-electron chi connectivity index (χ0n) is 11.2. The molecule has 0 aliphatic rings. The Kier molecular flexibility index (Phi) is 4.86. The molecule has 0 radical (unpaired) electrons. The molecule has 19 heavy (non-hydrogen) atoms. The number of rotatable bonds is 6. The molecule has 0 heterocycles.